The minimum absolute atomic E-state index is 0.0976. The van der Waals surface area contributed by atoms with Gasteiger partial charge in [-0.3, -0.25) is 19.0 Å². The maximum atomic E-state index is 12.6. The fourth-order valence-corrected chi connectivity index (χ4v) is 4.50. The molecule has 0 aliphatic rings. The summed E-state index contributed by atoms with van der Waals surface area (Å²) in [4.78, 5) is 42.7. The number of aromatic nitrogens is 2. The van der Waals surface area contributed by atoms with Gasteiger partial charge in [-0.2, -0.15) is 0 Å². The van der Waals surface area contributed by atoms with E-state index in [-0.39, 0.29) is 23.1 Å². The van der Waals surface area contributed by atoms with Crippen LogP contribution in [0.4, 0.5) is 5.69 Å². The van der Waals surface area contributed by atoms with Crippen LogP contribution in [0.3, 0.4) is 0 Å². The molecule has 0 radical (unpaired) electrons. The van der Waals surface area contributed by atoms with Gasteiger partial charge in [0, 0.05) is 30.2 Å². The van der Waals surface area contributed by atoms with Gasteiger partial charge in [-0.05, 0) is 43.7 Å². The van der Waals surface area contributed by atoms with Gasteiger partial charge in [0.05, 0.1) is 11.1 Å². The van der Waals surface area contributed by atoms with Crippen molar-refractivity contribution in [3.63, 3.8) is 0 Å². The summed E-state index contributed by atoms with van der Waals surface area (Å²) >= 11 is 2.70. The Balaban J connectivity index is 1.70. The highest BCUT2D eigenvalue weighted by molar-refractivity contribution is 7.99. The first kappa shape index (κ1) is 20.1. The number of carbonyl (C=O) groups excluding carboxylic acids is 2. The van der Waals surface area contributed by atoms with Gasteiger partial charge in [0.15, 0.2) is 5.16 Å². The van der Waals surface area contributed by atoms with Crippen molar-refractivity contribution in [1.82, 2.24) is 14.9 Å². The van der Waals surface area contributed by atoms with Crippen molar-refractivity contribution in [2.24, 2.45) is 7.05 Å². The van der Waals surface area contributed by atoms with Crippen LogP contribution in [-0.2, 0) is 11.8 Å². The third kappa shape index (κ3) is 3.95. The summed E-state index contributed by atoms with van der Waals surface area (Å²) < 4.78 is 1.48. The molecule has 2 amide bonds. The van der Waals surface area contributed by atoms with Crippen LogP contribution in [0, 0.1) is 13.8 Å². The van der Waals surface area contributed by atoms with E-state index in [2.05, 4.69) is 15.6 Å². The quantitative estimate of drug-likeness (QED) is 0.493. The van der Waals surface area contributed by atoms with Crippen molar-refractivity contribution in [3.8, 4) is 0 Å². The number of hydrogen-bond acceptors (Lipinski definition) is 6. The summed E-state index contributed by atoms with van der Waals surface area (Å²) in [6, 6.07) is 6.62. The predicted molar refractivity (Wildman–Crippen MR) is 114 cm³/mol. The Bertz CT molecular complexity index is 1120. The number of rotatable bonds is 5. The molecule has 0 aliphatic carbocycles. The minimum atomic E-state index is -0.217. The van der Waals surface area contributed by atoms with E-state index in [1.165, 1.54) is 27.7 Å². The van der Waals surface area contributed by atoms with Gasteiger partial charge in [0.2, 0.25) is 5.91 Å². The molecule has 1 aromatic carbocycles. The van der Waals surface area contributed by atoms with Crippen molar-refractivity contribution in [2.75, 3.05) is 18.1 Å². The highest BCUT2D eigenvalue weighted by Gasteiger charge is 2.16. The SMILES string of the molecule is CNC(=O)c1ccc(NC(=O)CSc2nc3sc(C)c(C)c3c(=O)n2C)cc1. The van der Waals surface area contributed by atoms with Crippen molar-refractivity contribution in [3.05, 3.63) is 50.6 Å². The van der Waals surface area contributed by atoms with E-state index in [4.69, 9.17) is 0 Å². The third-order valence-corrected chi connectivity index (χ3v) is 6.49. The zero-order chi connectivity index (χ0) is 20.4. The van der Waals surface area contributed by atoms with E-state index in [0.717, 1.165) is 10.4 Å². The van der Waals surface area contributed by atoms with Crippen LogP contribution in [0.25, 0.3) is 10.2 Å². The van der Waals surface area contributed by atoms with Crippen LogP contribution in [0.15, 0.2) is 34.2 Å². The van der Waals surface area contributed by atoms with E-state index in [9.17, 15) is 14.4 Å². The highest BCUT2D eigenvalue weighted by atomic mass is 32.2. The maximum Gasteiger partial charge on any atom is 0.262 e. The van der Waals surface area contributed by atoms with E-state index >= 15 is 0 Å². The Labute approximate surface area is 170 Å². The second kappa shape index (κ2) is 8.15. The average Bonchev–Trinajstić information content (AvgIpc) is 2.97. The van der Waals surface area contributed by atoms with Crippen LogP contribution < -0.4 is 16.2 Å². The summed E-state index contributed by atoms with van der Waals surface area (Å²) in [6.45, 7) is 3.89. The van der Waals surface area contributed by atoms with Gasteiger partial charge in [0.25, 0.3) is 11.5 Å². The second-order valence-electron chi connectivity index (χ2n) is 6.22. The fraction of sp³-hybridized carbons (Fsp3) is 0.263. The number of thioether (sulfide) groups is 1. The largest absolute Gasteiger partial charge is 0.355 e. The van der Waals surface area contributed by atoms with E-state index in [0.29, 0.717) is 26.6 Å². The summed E-state index contributed by atoms with van der Waals surface area (Å²) in [5.74, 6) is -0.285. The molecule has 0 bridgehead atoms. The molecule has 0 saturated heterocycles. The van der Waals surface area contributed by atoms with Gasteiger partial charge in [-0.1, -0.05) is 11.8 Å². The van der Waals surface area contributed by atoms with Gasteiger partial charge >= 0.3 is 0 Å². The molecule has 2 heterocycles. The van der Waals surface area contributed by atoms with E-state index in [1.807, 2.05) is 13.8 Å². The first-order chi connectivity index (χ1) is 13.3. The summed E-state index contributed by atoms with van der Waals surface area (Å²) in [6.07, 6.45) is 0. The maximum absolute atomic E-state index is 12.6. The molecule has 28 heavy (non-hydrogen) atoms. The zero-order valence-electron chi connectivity index (χ0n) is 16.0. The highest BCUT2D eigenvalue weighted by Crippen LogP contribution is 2.28. The minimum Gasteiger partial charge on any atom is -0.355 e. The topological polar surface area (TPSA) is 93.1 Å². The number of fused-ring (bicyclic) bond motifs is 1. The lowest BCUT2D eigenvalue weighted by Gasteiger charge is -2.08. The molecular formula is C19H20N4O3S2. The van der Waals surface area contributed by atoms with Crippen LogP contribution in [0.5, 0.6) is 0 Å². The number of nitrogens with zero attached hydrogens (tertiary/aromatic N) is 2. The summed E-state index contributed by atoms with van der Waals surface area (Å²) in [7, 11) is 3.23. The van der Waals surface area contributed by atoms with Gasteiger partial charge < -0.3 is 10.6 Å². The van der Waals surface area contributed by atoms with E-state index < -0.39 is 0 Å². The third-order valence-electron chi connectivity index (χ3n) is 4.36. The summed E-state index contributed by atoms with van der Waals surface area (Å²) in [5, 5.41) is 6.47. The number of aryl methyl sites for hydroxylation is 2. The van der Waals surface area contributed by atoms with Gasteiger partial charge in [0.1, 0.15) is 4.83 Å². The van der Waals surface area contributed by atoms with Crippen LogP contribution in [0.2, 0.25) is 0 Å². The smallest absolute Gasteiger partial charge is 0.262 e. The van der Waals surface area contributed by atoms with Crippen molar-refractivity contribution in [2.45, 2.75) is 19.0 Å². The molecule has 9 heteroatoms. The number of anilines is 1. The fourth-order valence-electron chi connectivity index (χ4n) is 2.66. The lowest BCUT2D eigenvalue weighted by molar-refractivity contribution is -0.113. The average molecular weight is 417 g/mol. The molecule has 0 atom stereocenters. The normalized spacial score (nSPS) is 10.9. The second-order valence-corrected chi connectivity index (χ2v) is 8.36. The number of nitrogens with one attached hydrogen (secondary N) is 2. The molecule has 2 N–H and O–H groups in total. The molecule has 0 fully saturated rings. The molecule has 0 saturated carbocycles. The molecule has 3 rings (SSSR count). The Hall–Kier alpha value is -2.65. The van der Waals surface area contributed by atoms with Crippen molar-refractivity contribution < 1.29 is 9.59 Å². The Kier molecular flexibility index (Phi) is 5.85. The first-order valence-corrected chi connectivity index (χ1v) is 10.3. The summed E-state index contributed by atoms with van der Waals surface area (Å²) in [5.41, 5.74) is 1.98. The monoisotopic (exact) mass is 416 g/mol. The number of benzene rings is 1. The van der Waals surface area contributed by atoms with E-state index in [1.54, 1.807) is 38.4 Å². The molecule has 2 aromatic heterocycles. The lowest BCUT2D eigenvalue weighted by Crippen LogP contribution is -2.21. The van der Waals surface area contributed by atoms with Crippen LogP contribution in [-0.4, -0.2) is 34.2 Å². The molecular weight excluding hydrogens is 396 g/mol. The van der Waals surface area contributed by atoms with Crippen LogP contribution in [0.1, 0.15) is 20.8 Å². The Morgan fingerprint density at radius 1 is 1.21 bits per heavy atom. The van der Waals surface area contributed by atoms with Gasteiger partial charge in [-0.25, -0.2) is 4.98 Å². The van der Waals surface area contributed by atoms with Crippen molar-refractivity contribution in [1.29, 1.82) is 0 Å². The van der Waals surface area contributed by atoms with Crippen molar-refractivity contribution >= 4 is 50.8 Å². The molecule has 3 aromatic rings. The van der Waals surface area contributed by atoms with Crippen LogP contribution >= 0.6 is 23.1 Å². The van der Waals surface area contributed by atoms with Gasteiger partial charge in [-0.15, -0.1) is 11.3 Å². The molecule has 0 aliphatic heterocycles. The first-order valence-electron chi connectivity index (χ1n) is 8.53. The standard InChI is InChI=1S/C19H20N4O3S2/c1-10-11(2)28-17-15(10)18(26)23(4)19(22-17)27-9-14(24)21-13-7-5-12(6-8-13)16(25)20-3/h5-8H,9H2,1-4H3,(H,20,25)(H,21,24). The number of amides is 2. The number of thiophene rings is 1. The number of carbonyl (C=O) groups is 2. The lowest BCUT2D eigenvalue weighted by atomic mass is 10.2. The predicted octanol–water partition coefficient (Wildman–Crippen LogP) is 2.70. The molecule has 146 valence electrons. The number of hydrogen-bond donors (Lipinski definition) is 2. The zero-order valence-corrected chi connectivity index (χ0v) is 17.6. The molecule has 0 unspecified atom stereocenters. The Morgan fingerprint density at radius 3 is 2.54 bits per heavy atom. The molecule has 7 nitrogen and oxygen atoms in total. The Morgan fingerprint density at radius 2 is 1.89 bits per heavy atom. The molecule has 0 spiro atoms.